The number of fused-ring (bicyclic) bond motifs is 1. The molecule has 0 saturated carbocycles. The van der Waals surface area contributed by atoms with Gasteiger partial charge in [0.25, 0.3) is 5.56 Å². The Labute approximate surface area is 173 Å². The number of nitrogens with zero attached hydrogens (tertiary/aromatic N) is 3. The Bertz CT molecular complexity index is 1250. The van der Waals surface area contributed by atoms with Crippen molar-refractivity contribution in [1.82, 2.24) is 19.9 Å². The zero-order chi connectivity index (χ0) is 21.4. The second-order valence-corrected chi connectivity index (χ2v) is 7.42. The maximum Gasteiger partial charge on any atom is 0.258 e. The molecule has 0 radical (unpaired) electrons. The number of pyridine rings is 1. The molecule has 8 heteroatoms. The summed E-state index contributed by atoms with van der Waals surface area (Å²) in [5.74, 6) is 0.402. The SMILES string of the molecule is C=CC(=O)N1CCC(c2nc3cnc(-c4c(C)ccc(N)c4C=N)cc3c(=O)[nH]2)C1. The van der Waals surface area contributed by atoms with Gasteiger partial charge < -0.3 is 21.0 Å². The third-order valence-corrected chi connectivity index (χ3v) is 5.56. The number of carbonyl (C=O) groups excluding carboxylic acids is 1. The van der Waals surface area contributed by atoms with Crippen molar-refractivity contribution in [3.8, 4) is 11.3 Å². The molecule has 1 amide bonds. The summed E-state index contributed by atoms with van der Waals surface area (Å²) < 4.78 is 0. The number of hydrogen-bond donors (Lipinski definition) is 3. The molecule has 4 rings (SSSR count). The predicted octanol–water partition coefficient (Wildman–Crippen LogP) is 2.38. The van der Waals surface area contributed by atoms with Crippen molar-refractivity contribution in [2.45, 2.75) is 19.3 Å². The number of anilines is 1. The number of likely N-dealkylation sites (tertiary alicyclic amines) is 1. The first-order chi connectivity index (χ1) is 14.4. The fraction of sp³-hybridized carbons (Fsp3) is 0.227. The van der Waals surface area contributed by atoms with Crippen LogP contribution in [0.25, 0.3) is 22.2 Å². The summed E-state index contributed by atoms with van der Waals surface area (Å²) in [4.78, 5) is 38.3. The van der Waals surface area contributed by atoms with Crippen molar-refractivity contribution in [2.24, 2.45) is 0 Å². The highest BCUT2D eigenvalue weighted by atomic mass is 16.2. The van der Waals surface area contributed by atoms with Gasteiger partial charge in [0.1, 0.15) is 5.82 Å². The number of hydrogen-bond acceptors (Lipinski definition) is 6. The van der Waals surface area contributed by atoms with Crippen molar-refractivity contribution < 1.29 is 4.79 Å². The fourth-order valence-electron chi connectivity index (χ4n) is 3.94. The van der Waals surface area contributed by atoms with E-state index in [1.54, 1.807) is 23.2 Å². The minimum absolute atomic E-state index is 0.0358. The normalized spacial score (nSPS) is 16.0. The van der Waals surface area contributed by atoms with E-state index in [0.29, 0.717) is 46.8 Å². The highest BCUT2D eigenvalue weighted by molar-refractivity contribution is 5.96. The molecular formula is C22H22N6O2. The summed E-state index contributed by atoms with van der Waals surface area (Å²) in [5.41, 5.74) is 9.50. The van der Waals surface area contributed by atoms with E-state index in [9.17, 15) is 9.59 Å². The molecule has 3 heterocycles. The molecule has 3 aromatic rings. The lowest BCUT2D eigenvalue weighted by Crippen LogP contribution is -2.27. The minimum Gasteiger partial charge on any atom is -0.398 e. The van der Waals surface area contributed by atoms with E-state index >= 15 is 0 Å². The van der Waals surface area contributed by atoms with Gasteiger partial charge in [-0.2, -0.15) is 0 Å². The molecule has 1 atom stereocenters. The zero-order valence-electron chi connectivity index (χ0n) is 16.6. The van der Waals surface area contributed by atoms with E-state index < -0.39 is 0 Å². The zero-order valence-corrected chi connectivity index (χ0v) is 16.6. The Morgan fingerprint density at radius 3 is 2.97 bits per heavy atom. The third kappa shape index (κ3) is 3.26. The van der Waals surface area contributed by atoms with Gasteiger partial charge in [-0.05, 0) is 37.1 Å². The van der Waals surface area contributed by atoms with Crippen LogP contribution in [0.5, 0.6) is 0 Å². The van der Waals surface area contributed by atoms with Gasteiger partial charge in [0.2, 0.25) is 5.91 Å². The maximum atomic E-state index is 12.8. The van der Waals surface area contributed by atoms with Gasteiger partial charge >= 0.3 is 0 Å². The van der Waals surface area contributed by atoms with Crippen molar-refractivity contribution in [1.29, 1.82) is 5.41 Å². The molecule has 1 unspecified atom stereocenters. The molecule has 1 aliphatic heterocycles. The molecule has 1 fully saturated rings. The lowest BCUT2D eigenvalue weighted by molar-refractivity contribution is -0.125. The first kappa shape index (κ1) is 19.5. The van der Waals surface area contributed by atoms with Crippen LogP contribution in [-0.4, -0.2) is 45.1 Å². The van der Waals surface area contributed by atoms with Crippen LogP contribution in [0.4, 0.5) is 5.69 Å². The Balaban J connectivity index is 1.76. The standard InChI is InChI=1S/C22H22N6O2/c1-3-19(29)28-7-6-13(11-28)21-26-18-10-25-17(8-14(18)22(30)27-21)20-12(2)4-5-16(24)15(20)9-23/h3-5,8-10,13,23H,1,6-7,11,24H2,2H3,(H,26,27,30). The summed E-state index contributed by atoms with van der Waals surface area (Å²) in [7, 11) is 0. The molecule has 0 spiro atoms. The second kappa shape index (κ2) is 7.55. The van der Waals surface area contributed by atoms with Crippen LogP contribution in [0.1, 0.15) is 29.3 Å². The van der Waals surface area contributed by atoms with Crippen LogP contribution in [0.15, 0.2) is 41.8 Å². The average Bonchev–Trinajstić information content (AvgIpc) is 3.24. The summed E-state index contributed by atoms with van der Waals surface area (Å²) in [6.45, 7) is 6.54. The van der Waals surface area contributed by atoms with Crippen LogP contribution < -0.4 is 11.3 Å². The topological polar surface area (TPSA) is 129 Å². The molecule has 0 bridgehead atoms. The lowest BCUT2D eigenvalue weighted by Gasteiger charge is -2.14. The Morgan fingerprint density at radius 2 is 2.23 bits per heavy atom. The predicted molar refractivity (Wildman–Crippen MR) is 117 cm³/mol. The van der Waals surface area contributed by atoms with Crippen molar-refractivity contribution in [2.75, 3.05) is 18.8 Å². The molecule has 1 aliphatic rings. The van der Waals surface area contributed by atoms with Crippen LogP contribution in [0.3, 0.4) is 0 Å². The largest absolute Gasteiger partial charge is 0.398 e. The molecule has 4 N–H and O–H groups in total. The molecule has 8 nitrogen and oxygen atoms in total. The van der Waals surface area contributed by atoms with Crippen LogP contribution in [0.2, 0.25) is 0 Å². The van der Waals surface area contributed by atoms with Crippen LogP contribution >= 0.6 is 0 Å². The van der Waals surface area contributed by atoms with Gasteiger partial charge in [-0.1, -0.05) is 12.6 Å². The number of H-pyrrole nitrogens is 1. The summed E-state index contributed by atoms with van der Waals surface area (Å²) in [6, 6.07) is 5.30. The van der Waals surface area contributed by atoms with Crippen molar-refractivity contribution in [3.05, 3.63) is 64.4 Å². The average molecular weight is 402 g/mol. The fourth-order valence-corrected chi connectivity index (χ4v) is 3.94. The first-order valence-electron chi connectivity index (χ1n) is 9.64. The monoisotopic (exact) mass is 402 g/mol. The summed E-state index contributed by atoms with van der Waals surface area (Å²) in [6.07, 6.45) is 4.79. The van der Waals surface area contributed by atoms with E-state index in [4.69, 9.17) is 11.1 Å². The van der Waals surface area contributed by atoms with E-state index in [-0.39, 0.29) is 17.4 Å². The number of rotatable bonds is 4. The molecule has 2 aromatic heterocycles. The third-order valence-electron chi connectivity index (χ3n) is 5.56. The Hall–Kier alpha value is -3.81. The van der Waals surface area contributed by atoms with Crippen LogP contribution in [-0.2, 0) is 4.79 Å². The van der Waals surface area contributed by atoms with Gasteiger partial charge in [-0.25, -0.2) is 4.98 Å². The number of nitrogens with two attached hydrogens (primary N) is 1. The smallest absolute Gasteiger partial charge is 0.258 e. The van der Waals surface area contributed by atoms with Gasteiger partial charge in [0.15, 0.2) is 0 Å². The van der Waals surface area contributed by atoms with Crippen molar-refractivity contribution in [3.63, 3.8) is 0 Å². The number of nitrogen functional groups attached to an aromatic ring is 1. The van der Waals surface area contributed by atoms with Crippen molar-refractivity contribution >= 4 is 28.7 Å². The number of nitrogens with one attached hydrogen (secondary N) is 2. The van der Waals surface area contributed by atoms with Gasteiger partial charge in [0, 0.05) is 42.0 Å². The number of aryl methyl sites for hydroxylation is 1. The second-order valence-electron chi connectivity index (χ2n) is 7.42. The lowest BCUT2D eigenvalue weighted by atomic mass is 9.97. The molecular weight excluding hydrogens is 380 g/mol. The Kier molecular flexibility index (Phi) is 4.91. The first-order valence-corrected chi connectivity index (χ1v) is 9.64. The van der Waals surface area contributed by atoms with Gasteiger partial charge in [0.05, 0.1) is 22.8 Å². The highest BCUT2D eigenvalue weighted by Crippen LogP contribution is 2.30. The molecule has 1 saturated heterocycles. The quantitative estimate of drug-likeness (QED) is 0.351. The number of carbonyl (C=O) groups is 1. The number of benzene rings is 1. The Morgan fingerprint density at radius 1 is 1.43 bits per heavy atom. The van der Waals surface area contributed by atoms with Gasteiger partial charge in [-0.3, -0.25) is 14.6 Å². The van der Waals surface area contributed by atoms with E-state index in [2.05, 4.69) is 21.5 Å². The summed E-state index contributed by atoms with van der Waals surface area (Å²) in [5, 5.41) is 8.13. The molecule has 30 heavy (non-hydrogen) atoms. The minimum atomic E-state index is -0.259. The number of aromatic amines is 1. The van der Waals surface area contributed by atoms with Gasteiger partial charge in [-0.15, -0.1) is 0 Å². The summed E-state index contributed by atoms with van der Waals surface area (Å²) >= 11 is 0. The molecule has 152 valence electrons. The van der Waals surface area contributed by atoms with E-state index in [1.165, 1.54) is 12.3 Å². The molecule has 0 aliphatic carbocycles. The molecule has 1 aromatic carbocycles. The van der Waals surface area contributed by atoms with Crippen LogP contribution in [0, 0.1) is 12.3 Å². The highest BCUT2D eigenvalue weighted by Gasteiger charge is 2.28. The van der Waals surface area contributed by atoms with E-state index in [1.807, 2.05) is 13.0 Å². The number of aromatic nitrogens is 3. The van der Waals surface area contributed by atoms with E-state index in [0.717, 1.165) is 17.5 Å². The maximum absolute atomic E-state index is 12.8. The number of amides is 1.